The number of hydrogen-bond donors (Lipinski definition) is 0. The average molecular weight is 479 g/mol. The smallest absolute Gasteiger partial charge is 0.254 e. The van der Waals surface area contributed by atoms with Crippen LogP contribution in [-0.4, -0.2) is 48.8 Å². The molecule has 0 radical (unpaired) electrons. The number of carbonyl (C=O) groups excluding carboxylic acids is 1. The van der Waals surface area contributed by atoms with Gasteiger partial charge in [-0.25, -0.2) is 8.42 Å². The Labute approximate surface area is 201 Å². The van der Waals surface area contributed by atoms with Crippen LogP contribution in [0.2, 0.25) is 0 Å². The SMILES string of the molecule is CC1CN(S(=O)(=O)c2cccc(C(=O)N(Cc3ccccc3)Cc3ccccc3)c2)CC(C)O1. The van der Waals surface area contributed by atoms with Crippen LogP contribution in [0.3, 0.4) is 0 Å². The number of rotatable bonds is 7. The summed E-state index contributed by atoms with van der Waals surface area (Å²) in [6, 6.07) is 25.9. The lowest BCUT2D eigenvalue weighted by Crippen LogP contribution is -2.48. The van der Waals surface area contributed by atoms with E-state index in [0.29, 0.717) is 31.7 Å². The number of benzene rings is 3. The van der Waals surface area contributed by atoms with Gasteiger partial charge in [0.05, 0.1) is 17.1 Å². The Hall–Kier alpha value is -3.00. The van der Waals surface area contributed by atoms with Gasteiger partial charge in [0.1, 0.15) is 0 Å². The van der Waals surface area contributed by atoms with Crippen molar-refractivity contribution in [2.24, 2.45) is 0 Å². The minimum atomic E-state index is -3.74. The van der Waals surface area contributed by atoms with Crippen molar-refractivity contribution in [1.82, 2.24) is 9.21 Å². The molecule has 1 aliphatic rings. The van der Waals surface area contributed by atoms with Crippen molar-refractivity contribution in [3.63, 3.8) is 0 Å². The van der Waals surface area contributed by atoms with Crippen LogP contribution in [0.15, 0.2) is 89.8 Å². The first-order chi connectivity index (χ1) is 16.3. The molecule has 3 aromatic rings. The molecule has 6 nitrogen and oxygen atoms in total. The third kappa shape index (κ3) is 5.73. The second kappa shape index (κ2) is 10.5. The molecule has 1 aliphatic heterocycles. The van der Waals surface area contributed by atoms with Crippen LogP contribution in [0.25, 0.3) is 0 Å². The Morgan fingerprint density at radius 2 is 1.38 bits per heavy atom. The Bertz CT molecular complexity index is 1160. The first kappa shape index (κ1) is 24.1. The fourth-order valence-electron chi connectivity index (χ4n) is 4.26. The predicted octanol–water partition coefficient (Wildman–Crippen LogP) is 4.33. The van der Waals surface area contributed by atoms with Crippen molar-refractivity contribution in [2.75, 3.05) is 13.1 Å². The number of amides is 1. The number of morpholine rings is 1. The Kier molecular flexibility index (Phi) is 7.46. The zero-order valence-corrected chi connectivity index (χ0v) is 20.3. The summed E-state index contributed by atoms with van der Waals surface area (Å²) in [5.74, 6) is -0.214. The van der Waals surface area contributed by atoms with E-state index in [4.69, 9.17) is 4.74 Å². The third-order valence-corrected chi connectivity index (χ3v) is 7.65. The highest BCUT2D eigenvalue weighted by molar-refractivity contribution is 7.89. The molecule has 34 heavy (non-hydrogen) atoms. The molecule has 0 N–H and O–H groups in total. The van der Waals surface area contributed by atoms with E-state index >= 15 is 0 Å². The van der Waals surface area contributed by atoms with Crippen molar-refractivity contribution in [3.05, 3.63) is 102 Å². The summed E-state index contributed by atoms with van der Waals surface area (Å²) in [7, 11) is -3.74. The van der Waals surface area contributed by atoms with Gasteiger partial charge in [0.2, 0.25) is 10.0 Å². The number of carbonyl (C=O) groups is 1. The predicted molar refractivity (Wildman–Crippen MR) is 132 cm³/mol. The summed E-state index contributed by atoms with van der Waals surface area (Å²) in [5, 5.41) is 0. The summed E-state index contributed by atoms with van der Waals surface area (Å²) in [6.45, 7) is 5.15. The monoisotopic (exact) mass is 478 g/mol. The van der Waals surface area contributed by atoms with Gasteiger partial charge in [0.15, 0.2) is 0 Å². The van der Waals surface area contributed by atoms with Crippen molar-refractivity contribution in [2.45, 2.75) is 44.0 Å². The molecule has 3 aromatic carbocycles. The van der Waals surface area contributed by atoms with Gasteiger partial charge < -0.3 is 9.64 Å². The van der Waals surface area contributed by atoms with Crippen LogP contribution in [0, 0.1) is 0 Å². The molecule has 0 saturated carbocycles. The fraction of sp³-hybridized carbons (Fsp3) is 0.296. The Morgan fingerprint density at radius 3 is 1.91 bits per heavy atom. The molecule has 0 bridgehead atoms. The number of ether oxygens (including phenoxy) is 1. The van der Waals surface area contributed by atoms with Crippen LogP contribution < -0.4 is 0 Å². The highest BCUT2D eigenvalue weighted by Gasteiger charge is 2.32. The van der Waals surface area contributed by atoms with E-state index in [1.165, 1.54) is 10.4 Å². The van der Waals surface area contributed by atoms with Crippen molar-refractivity contribution >= 4 is 15.9 Å². The summed E-state index contributed by atoms with van der Waals surface area (Å²) in [4.78, 5) is 15.5. The van der Waals surface area contributed by atoms with Crippen LogP contribution in [0.5, 0.6) is 0 Å². The van der Waals surface area contributed by atoms with Gasteiger partial charge in [-0.05, 0) is 43.2 Å². The molecule has 1 saturated heterocycles. The average Bonchev–Trinajstić information content (AvgIpc) is 2.84. The molecular formula is C27H30N2O4S. The minimum absolute atomic E-state index is 0.124. The normalized spacial score (nSPS) is 19.0. The number of sulfonamides is 1. The van der Waals surface area contributed by atoms with Gasteiger partial charge in [0.25, 0.3) is 5.91 Å². The van der Waals surface area contributed by atoms with E-state index < -0.39 is 10.0 Å². The lowest BCUT2D eigenvalue weighted by atomic mass is 10.1. The summed E-state index contributed by atoms with van der Waals surface area (Å²) in [5.41, 5.74) is 2.36. The molecular weight excluding hydrogens is 448 g/mol. The van der Waals surface area contributed by atoms with Crippen LogP contribution in [0.1, 0.15) is 35.3 Å². The van der Waals surface area contributed by atoms with Gasteiger partial charge in [0, 0.05) is 31.7 Å². The maximum Gasteiger partial charge on any atom is 0.254 e. The third-order valence-electron chi connectivity index (χ3n) is 5.82. The maximum atomic E-state index is 13.6. The molecule has 1 heterocycles. The molecule has 2 unspecified atom stereocenters. The van der Waals surface area contributed by atoms with Crippen molar-refractivity contribution in [1.29, 1.82) is 0 Å². The van der Waals surface area contributed by atoms with Gasteiger partial charge >= 0.3 is 0 Å². The zero-order chi connectivity index (χ0) is 24.1. The fourth-order valence-corrected chi connectivity index (χ4v) is 5.89. The largest absolute Gasteiger partial charge is 0.373 e. The second-order valence-electron chi connectivity index (χ2n) is 8.74. The highest BCUT2D eigenvalue weighted by atomic mass is 32.2. The maximum absolute atomic E-state index is 13.6. The first-order valence-electron chi connectivity index (χ1n) is 11.5. The Balaban J connectivity index is 1.62. The molecule has 178 valence electrons. The van der Waals surface area contributed by atoms with Crippen LogP contribution in [0.4, 0.5) is 0 Å². The van der Waals surface area contributed by atoms with E-state index in [2.05, 4.69) is 0 Å². The molecule has 0 aliphatic carbocycles. The van der Waals surface area contributed by atoms with E-state index in [1.54, 1.807) is 23.1 Å². The van der Waals surface area contributed by atoms with Crippen molar-refractivity contribution < 1.29 is 17.9 Å². The van der Waals surface area contributed by atoms with Crippen molar-refractivity contribution in [3.8, 4) is 0 Å². The summed E-state index contributed by atoms with van der Waals surface area (Å²) < 4.78 is 33.8. The van der Waals surface area contributed by atoms with E-state index in [-0.39, 0.29) is 23.0 Å². The van der Waals surface area contributed by atoms with Gasteiger partial charge in [-0.2, -0.15) is 4.31 Å². The standard InChI is InChI=1S/C27H30N2O4S/c1-21-17-29(18-22(2)33-21)34(31,32)26-15-9-14-25(16-26)27(30)28(19-23-10-5-3-6-11-23)20-24-12-7-4-8-13-24/h3-16,21-22H,17-20H2,1-2H3. The topological polar surface area (TPSA) is 66.9 Å². The van der Waals surface area contributed by atoms with E-state index in [0.717, 1.165) is 11.1 Å². The molecule has 2 atom stereocenters. The molecule has 0 aromatic heterocycles. The van der Waals surface area contributed by atoms with Gasteiger partial charge in [-0.15, -0.1) is 0 Å². The first-order valence-corrected chi connectivity index (χ1v) is 12.9. The zero-order valence-electron chi connectivity index (χ0n) is 19.5. The lowest BCUT2D eigenvalue weighted by molar-refractivity contribution is -0.0440. The number of hydrogen-bond acceptors (Lipinski definition) is 4. The van der Waals surface area contributed by atoms with E-state index in [1.807, 2.05) is 74.5 Å². The number of nitrogens with zero attached hydrogens (tertiary/aromatic N) is 2. The minimum Gasteiger partial charge on any atom is -0.373 e. The van der Waals surface area contributed by atoms with Crippen LogP contribution >= 0.6 is 0 Å². The molecule has 1 amide bonds. The summed E-state index contributed by atoms with van der Waals surface area (Å²) >= 11 is 0. The molecule has 0 spiro atoms. The molecule has 4 rings (SSSR count). The molecule has 1 fully saturated rings. The van der Waals surface area contributed by atoms with Gasteiger partial charge in [-0.3, -0.25) is 4.79 Å². The molecule has 7 heteroatoms. The highest BCUT2D eigenvalue weighted by Crippen LogP contribution is 2.23. The quantitative estimate of drug-likeness (QED) is 0.507. The van der Waals surface area contributed by atoms with Crippen LogP contribution in [-0.2, 0) is 27.8 Å². The summed E-state index contributed by atoms with van der Waals surface area (Å²) in [6.07, 6.45) is -0.369. The van der Waals surface area contributed by atoms with E-state index in [9.17, 15) is 13.2 Å². The second-order valence-corrected chi connectivity index (χ2v) is 10.7. The van der Waals surface area contributed by atoms with Gasteiger partial charge in [-0.1, -0.05) is 66.7 Å². The Morgan fingerprint density at radius 1 is 0.853 bits per heavy atom. The lowest BCUT2D eigenvalue weighted by Gasteiger charge is -2.34.